The van der Waals surface area contributed by atoms with Gasteiger partial charge in [-0.05, 0) is 53.1 Å². The first-order valence-electron chi connectivity index (χ1n) is 15.7. The molecule has 0 aliphatic carbocycles. The molecule has 9 rings (SSSR count). The van der Waals surface area contributed by atoms with Crippen molar-refractivity contribution in [2.45, 2.75) is 19.6 Å². The zero-order valence-electron chi connectivity index (χ0n) is 25.1. The average molecular weight is 607 g/mol. The molecule has 0 amide bonds. The van der Waals surface area contributed by atoms with Crippen molar-refractivity contribution in [3.63, 3.8) is 0 Å². The highest BCUT2D eigenvalue weighted by Crippen LogP contribution is 2.80. The van der Waals surface area contributed by atoms with E-state index in [1.54, 1.807) is 0 Å². The van der Waals surface area contributed by atoms with Crippen molar-refractivity contribution in [3.8, 4) is 44.9 Å². The standard InChI is InChI=1S/C44H30OS/c1-4-15-31(16-5-1)32-27-29-33(30-28-32)43-36-21-10-11-22-37(36)44(45-43)39-24-14-26-41-42(39)38-23-12-13-25-40(38)46(41,34-17-6-2-7-18-34)35-19-8-3-9-20-35/h1-30H. The maximum Gasteiger partial charge on any atom is 0.143 e. The summed E-state index contributed by atoms with van der Waals surface area (Å²) in [5.74, 6) is 1.82. The van der Waals surface area contributed by atoms with Crippen LogP contribution in [-0.4, -0.2) is 0 Å². The molecule has 1 aliphatic rings. The molecule has 0 bridgehead atoms. The van der Waals surface area contributed by atoms with E-state index in [4.69, 9.17) is 4.42 Å². The van der Waals surface area contributed by atoms with Crippen LogP contribution in [0.15, 0.2) is 206 Å². The van der Waals surface area contributed by atoms with Crippen LogP contribution in [0.4, 0.5) is 0 Å². The Bertz CT molecular complexity index is 2300. The summed E-state index contributed by atoms with van der Waals surface area (Å²) < 4.78 is 7.01. The van der Waals surface area contributed by atoms with Crippen molar-refractivity contribution in [2.75, 3.05) is 0 Å². The van der Waals surface area contributed by atoms with Crippen molar-refractivity contribution >= 4 is 20.8 Å². The monoisotopic (exact) mass is 606 g/mol. The zero-order valence-corrected chi connectivity index (χ0v) is 26.0. The molecule has 0 N–H and O–H groups in total. The second-order valence-electron chi connectivity index (χ2n) is 11.7. The van der Waals surface area contributed by atoms with Gasteiger partial charge in [0.25, 0.3) is 0 Å². The number of fused-ring (bicyclic) bond motifs is 4. The Labute approximate surface area is 270 Å². The topological polar surface area (TPSA) is 13.1 Å². The second-order valence-corrected chi connectivity index (χ2v) is 14.7. The summed E-state index contributed by atoms with van der Waals surface area (Å²) in [4.78, 5) is 5.42. The van der Waals surface area contributed by atoms with E-state index in [0.29, 0.717) is 0 Å². The molecule has 0 saturated carbocycles. The Morgan fingerprint density at radius 2 is 0.804 bits per heavy atom. The van der Waals surface area contributed by atoms with E-state index in [1.807, 2.05) is 0 Å². The van der Waals surface area contributed by atoms with Gasteiger partial charge in [-0.1, -0.05) is 146 Å². The minimum atomic E-state index is -1.74. The third-order valence-corrected chi connectivity index (χ3v) is 13.1. The molecule has 0 fully saturated rings. The molecule has 2 heterocycles. The Morgan fingerprint density at radius 1 is 0.326 bits per heavy atom. The smallest absolute Gasteiger partial charge is 0.143 e. The fourth-order valence-corrected chi connectivity index (χ4v) is 11.4. The lowest BCUT2D eigenvalue weighted by molar-refractivity contribution is 0.602. The van der Waals surface area contributed by atoms with Crippen LogP contribution >= 0.6 is 10.0 Å². The quantitative estimate of drug-likeness (QED) is 0.190. The molecule has 0 atom stereocenters. The van der Waals surface area contributed by atoms with Crippen molar-refractivity contribution < 1.29 is 4.42 Å². The maximum absolute atomic E-state index is 7.01. The van der Waals surface area contributed by atoms with E-state index in [9.17, 15) is 0 Å². The molecule has 1 aliphatic heterocycles. The van der Waals surface area contributed by atoms with Crippen LogP contribution in [0.5, 0.6) is 0 Å². The summed E-state index contributed by atoms with van der Waals surface area (Å²) in [7, 11) is -1.74. The predicted molar refractivity (Wildman–Crippen MR) is 191 cm³/mol. The van der Waals surface area contributed by atoms with Crippen LogP contribution in [0, 0.1) is 0 Å². The third kappa shape index (κ3) is 3.97. The van der Waals surface area contributed by atoms with E-state index in [-0.39, 0.29) is 0 Å². The number of furan rings is 1. The summed E-state index contributed by atoms with van der Waals surface area (Å²) in [5.41, 5.74) is 7.16. The van der Waals surface area contributed by atoms with Gasteiger partial charge < -0.3 is 4.42 Å². The maximum atomic E-state index is 7.01. The Balaban J connectivity index is 1.29. The fraction of sp³-hybridized carbons (Fsp3) is 0. The summed E-state index contributed by atoms with van der Waals surface area (Å²) >= 11 is 0. The molecule has 7 aromatic carbocycles. The molecule has 1 nitrogen and oxygen atoms in total. The van der Waals surface area contributed by atoms with Crippen molar-refractivity contribution in [1.29, 1.82) is 0 Å². The van der Waals surface area contributed by atoms with E-state index in [2.05, 4.69) is 182 Å². The summed E-state index contributed by atoms with van der Waals surface area (Å²) in [5, 5.41) is 2.25. The fourth-order valence-electron chi connectivity index (χ4n) is 7.16. The van der Waals surface area contributed by atoms with Crippen LogP contribution in [0.25, 0.3) is 55.7 Å². The summed E-state index contributed by atoms with van der Waals surface area (Å²) in [6.07, 6.45) is 0. The lowest BCUT2D eigenvalue weighted by atomic mass is 9.96. The van der Waals surface area contributed by atoms with Gasteiger partial charge in [-0.2, -0.15) is 0 Å². The number of rotatable bonds is 5. The van der Waals surface area contributed by atoms with Crippen molar-refractivity contribution in [2.24, 2.45) is 0 Å². The first kappa shape index (κ1) is 26.8. The zero-order chi connectivity index (χ0) is 30.5. The van der Waals surface area contributed by atoms with Gasteiger partial charge in [-0.15, -0.1) is 10.0 Å². The van der Waals surface area contributed by atoms with Crippen LogP contribution in [-0.2, 0) is 0 Å². The van der Waals surface area contributed by atoms with Gasteiger partial charge in [-0.25, -0.2) is 0 Å². The van der Waals surface area contributed by atoms with Gasteiger partial charge in [-0.3, -0.25) is 0 Å². The van der Waals surface area contributed by atoms with E-state index < -0.39 is 10.0 Å². The van der Waals surface area contributed by atoms with Gasteiger partial charge >= 0.3 is 0 Å². The first-order valence-corrected chi connectivity index (χ1v) is 17.3. The molecule has 0 saturated heterocycles. The predicted octanol–water partition coefficient (Wildman–Crippen LogP) is 12.8. The van der Waals surface area contributed by atoms with E-state index in [1.165, 1.54) is 41.8 Å². The van der Waals surface area contributed by atoms with Gasteiger partial charge in [0.2, 0.25) is 0 Å². The first-order chi connectivity index (χ1) is 22.8. The average Bonchev–Trinajstić information content (AvgIpc) is 3.68. The highest BCUT2D eigenvalue weighted by molar-refractivity contribution is 8.34. The van der Waals surface area contributed by atoms with Crippen molar-refractivity contribution in [3.05, 3.63) is 182 Å². The highest BCUT2D eigenvalue weighted by Gasteiger charge is 2.43. The molecule has 0 radical (unpaired) electrons. The SMILES string of the molecule is c1ccc(-c2ccc(-c3oc(-c4cccc5c4-c4ccccc4S5(c4ccccc4)c4ccccc4)c4ccccc34)cc2)cc1. The molecule has 8 aromatic rings. The van der Waals surface area contributed by atoms with Gasteiger partial charge in [0, 0.05) is 47.0 Å². The summed E-state index contributed by atoms with van der Waals surface area (Å²) in [6.45, 7) is 0. The molecule has 46 heavy (non-hydrogen) atoms. The Kier molecular flexibility index (Phi) is 6.29. The summed E-state index contributed by atoms with van der Waals surface area (Å²) in [6, 6.07) is 65.8. The molecular weight excluding hydrogens is 577 g/mol. The van der Waals surface area contributed by atoms with Crippen LogP contribution in [0.2, 0.25) is 0 Å². The molecule has 218 valence electrons. The van der Waals surface area contributed by atoms with Crippen LogP contribution in [0.1, 0.15) is 0 Å². The lowest BCUT2D eigenvalue weighted by Gasteiger charge is -2.39. The lowest BCUT2D eigenvalue weighted by Crippen LogP contribution is -2.01. The highest BCUT2D eigenvalue weighted by atomic mass is 32.3. The number of hydrogen-bond acceptors (Lipinski definition) is 1. The molecule has 0 unspecified atom stereocenters. The normalized spacial score (nSPS) is 13.7. The van der Waals surface area contributed by atoms with Crippen LogP contribution in [0.3, 0.4) is 0 Å². The molecule has 1 aromatic heterocycles. The second kappa shape index (κ2) is 10.8. The minimum absolute atomic E-state index is 0.902. The van der Waals surface area contributed by atoms with Gasteiger partial charge in [0.05, 0.1) is 0 Å². The third-order valence-electron chi connectivity index (χ3n) is 9.16. The van der Waals surface area contributed by atoms with E-state index >= 15 is 0 Å². The Hall–Kier alpha value is -5.57. The molecular formula is C44H30OS. The van der Waals surface area contributed by atoms with Gasteiger partial charge in [0.1, 0.15) is 11.5 Å². The molecule has 0 spiro atoms. The van der Waals surface area contributed by atoms with Crippen molar-refractivity contribution in [1.82, 2.24) is 0 Å². The number of benzene rings is 7. The van der Waals surface area contributed by atoms with E-state index in [0.717, 1.165) is 33.4 Å². The Morgan fingerprint density at radius 3 is 1.48 bits per heavy atom. The molecule has 2 heteroatoms. The minimum Gasteiger partial charge on any atom is -0.455 e. The van der Waals surface area contributed by atoms with Crippen LogP contribution < -0.4 is 0 Å². The number of hydrogen-bond donors (Lipinski definition) is 0. The largest absolute Gasteiger partial charge is 0.455 e. The van der Waals surface area contributed by atoms with Gasteiger partial charge in [0.15, 0.2) is 0 Å².